The second-order valence-electron chi connectivity index (χ2n) is 4.71. The molecule has 2 atom stereocenters. The summed E-state index contributed by atoms with van der Waals surface area (Å²) in [6.45, 7) is 7.75. The summed E-state index contributed by atoms with van der Waals surface area (Å²) in [5.41, 5.74) is 3.52. The van der Waals surface area contributed by atoms with Gasteiger partial charge in [0.25, 0.3) is 0 Å². The number of aliphatic hydroxyl groups excluding tert-OH is 1. The molecule has 4 heteroatoms. The Morgan fingerprint density at radius 2 is 1.94 bits per heavy atom. The number of hydrogen-bond acceptors (Lipinski definition) is 2. The van der Waals surface area contributed by atoms with Crippen LogP contribution in [0.15, 0.2) is 18.2 Å². The van der Waals surface area contributed by atoms with E-state index in [1.165, 1.54) is 11.1 Å². The van der Waals surface area contributed by atoms with Gasteiger partial charge < -0.3 is 15.7 Å². The van der Waals surface area contributed by atoms with E-state index in [0.29, 0.717) is 0 Å². The number of urea groups is 1. The van der Waals surface area contributed by atoms with E-state index < -0.39 is 0 Å². The Morgan fingerprint density at radius 3 is 2.56 bits per heavy atom. The van der Waals surface area contributed by atoms with Gasteiger partial charge in [-0.3, -0.25) is 0 Å². The highest BCUT2D eigenvalue weighted by atomic mass is 16.3. The molecule has 4 nitrogen and oxygen atoms in total. The van der Waals surface area contributed by atoms with Gasteiger partial charge in [0.2, 0.25) is 0 Å². The lowest BCUT2D eigenvalue weighted by Crippen LogP contribution is -2.43. The Hall–Kier alpha value is -1.55. The van der Waals surface area contributed by atoms with Crippen molar-refractivity contribution in [1.29, 1.82) is 0 Å². The molecule has 0 aliphatic carbocycles. The van der Waals surface area contributed by atoms with Gasteiger partial charge in [-0.05, 0) is 44.4 Å². The molecule has 0 bridgehead atoms. The summed E-state index contributed by atoms with van der Waals surface area (Å²) in [6.07, 6.45) is 0. The van der Waals surface area contributed by atoms with E-state index in [2.05, 4.69) is 30.5 Å². The highest BCUT2D eigenvalue weighted by molar-refractivity contribution is 5.74. The number of carbonyl (C=O) groups excluding carboxylic acids is 1. The summed E-state index contributed by atoms with van der Waals surface area (Å²) in [5.74, 6) is 0. The van der Waals surface area contributed by atoms with E-state index in [1.54, 1.807) is 6.92 Å². The first-order chi connectivity index (χ1) is 8.45. The van der Waals surface area contributed by atoms with E-state index in [9.17, 15) is 4.79 Å². The van der Waals surface area contributed by atoms with Crippen molar-refractivity contribution in [3.8, 4) is 0 Å². The van der Waals surface area contributed by atoms with Gasteiger partial charge in [-0.1, -0.05) is 18.2 Å². The predicted molar refractivity (Wildman–Crippen MR) is 72.5 cm³/mol. The molecule has 1 aromatic carbocycles. The Morgan fingerprint density at radius 1 is 1.28 bits per heavy atom. The van der Waals surface area contributed by atoms with Crippen LogP contribution in [0.25, 0.3) is 0 Å². The fraction of sp³-hybridized carbons (Fsp3) is 0.500. The van der Waals surface area contributed by atoms with Crippen LogP contribution in [0.1, 0.15) is 36.6 Å². The van der Waals surface area contributed by atoms with Gasteiger partial charge in [0.05, 0.1) is 18.7 Å². The maximum Gasteiger partial charge on any atom is 0.315 e. The van der Waals surface area contributed by atoms with Gasteiger partial charge in [0.15, 0.2) is 0 Å². The van der Waals surface area contributed by atoms with Crippen LogP contribution in [0.3, 0.4) is 0 Å². The molecule has 2 amide bonds. The molecule has 0 aliphatic heterocycles. The van der Waals surface area contributed by atoms with Crippen molar-refractivity contribution >= 4 is 6.03 Å². The van der Waals surface area contributed by atoms with Gasteiger partial charge in [-0.15, -0.1) is 0 Å². The van der Waals surface area contributed by atoms with E-state index in [4.69, 9.17) is 5.11 Å². The average Bonchev–Trinajstić information content (AvgIpc) is 2.32. The molecule has 0 aliphatic rings. The average molecular weight is 250 g/mol. The molecule has 0 fully saturated rings. The minimum Gasteiger partial charge on any atom is -0.394 e. The van der Waals surface area contributed by atoms with Crippen molar-refractivity contribution in [2.75, 3.05) is 6.61 Å². The molecule has 1 rings (SSSR count). The van der Waals surface area contributed by atoms with Crippen LogP contribution in [0.5, 0.6) is 0 Å². The van der Waals surface area contributed by atoms with Crippen LogP contribution in [0.4, 0.5) is 4.79 Å². The molecule has 0 radical (unpaired) electrons. The van der Waals surface area contributed by atoms with Crippen molar-refractivity contribution in [2.24, 2.45) is 0 Å². The molecule has 0 unspecified atom stereocenters. The number of amides is 2. The number of benzene rings is 1. The van der Waals surface area contributed by atoms with Crippen molar-refractivity contribution in [1.82, 2.24) is 10.6 Å². The largest absolute Gasteiger partial charge is 0.394 e. The third kappa shape index (κ3) is 3.74. The van der Waals surface area contributed by atoms with Gasteiger partial charge >= 0.3 is 6.03 Å². The lowest BCUT2D eigenvalue weighted by Gasteiger charge is -2.19. The fourth-order valence-corrected chi connectivity index (χ4v) is 1.83. The molecule has 0 heterocycles. The summed E-state index contributed by atoms with van der Waals surface area (Å²) in [6, 6.07) is 5.50. The first-order valence-corrected chi connectivity index (χ1v) is 6.19. The molecule has 0 spiro atoms. The zero-order valence-corrected chi connectivity index (χ0v) is 11.4. The first kappa shape index (κ1) is 14.5. The molecule has 100 valence electrons. The highest BCUT2D eigenvalue weighted by Gasteiger charge is 2.13. The maximum atomic E-state index is 11.7. The number of aliphatic hydroxyl groups is 1. The lowest BCUT2D eigenvalue weighted by atomic mass is 9.98. The third-order valence-electron chi connectivity index (χ3n) is 3.11. The summed E-state index contributed by atoms with van der Waals surface area (Å²) in [5, 5.41) is 14.4. The van der Waals surface area contributed by atoms with Crippen LogP contribution >= 0.6 is 0 Å². The second kappa shape index (κ2) is 6.40. The SMILES string of the molecule is Cc1cccc([C@H](C)NC(=O)N[C@@H](C)CO)c1C. The maximum absolute atomic E-state index is 11.7. The standard InChI is InChI=1S/C14H22N2O2/c1-9-6-5-7-13(11(9)3)12(4)16-14(18)15-10(2)8-17/h5-7,10,12,17H,8H2,1-4H3,(H2,15,16,18)/t10-,12-/m0/s1. The summed E-state index contributed by atoms with van der Waals surface area (Å²) >= 11 is 0. The van der Waals surface area contributed by atoms with Gasteiger partial charge in [-0.25, -0.2) is 4.79 Å². The van der Waals surface area contributed by atoms with E-state index in [0.717, 1.165) is 5.56 Å². The lowest BCUT2D eigenvalue weighted by molar-refractivity contribution is 0.218. The molecule has 18 heavy (non-hydrogen) atoms. The van der Waals surface area contributed by atoms with E-state index >= 15 is 0 Å². The quantitative estimate of drug-likeness (QED) is 0.766. The first-order valence-electron chi connectivity index (χ1n) is 6.19. The van der Waals surface area contributed by atoms with Gasteiger partial charge in [-0.2, -0.15) is 0 Å². The Bertz CT molecular complexity index is 418. The Kier molecular flexibility index (Phi) is 5.16. The third-order valence-corrected chi connectivity index (χ3v) is 3.11. The number of aryl methyl sites for hydroxylation is 1. The second-order valence-corrected chi connectivity index (χ2v) is 4.71. The summed E-state index contributed by atoms with van der Waals surface area (Å²) in [4.78, 5) is 11.7. The van der Waals surface area contributed by atoms with Crippen LogP contribution in [-0.4, -0.2) is 23.8 Å². The predicted octanol–water partition coefficient (Wildman–Crippen LogP) is 2.04. The highest BCUT2D eigenvalue weighted by Crippen LogP contribution is 2.19. The van der Waals surface area contributed by atoms with Crippen molar-refractivity contribution < 1.29 is 9.90 Å². The van der Waals surface area contributed by atoms with Crippen molar-refractivity contribution in [3.05, 3.63) is 34.9 Å². The monoisotopic (exact) mass is 250 g/mol. The van der Waals surface area contributed by atoms with E-state index in [1.807, 2.05) is 19.1 Å². The number of hydrogen-bond donors (Lipinski definition) is 3. The minimum atomic E-state index is -0.259. The topological polar surface area (TPSA) is 61.4 Å². The molecule has 1 aromatic rings. The minimum absolute atomic E-state index is 0.0595. The Balaban J connectivity index is 2.68. The molecule has 3 N–H and O–H groups in total. The smallest absolute Gasteiger partial charge is 0.315 e. The Labute approximate surface area is 108 Å². The fourth-order valence-electron chi connectivity index (χ4n) is 1.83. The number of nitrogens with one attached hydrogen (secondary N) is 2. The number of carbonyl (C=O) groups is 1. The van der Waals surface area contributed by atoms with E-state index in [-0.39, 0.29) is 24.7 Å². The molecule has 0 aromatic heterocycles. The van der Waals surface area contributed by atoms with Crippen LogP contribution in [0.2, 0.25) is 0 Å². The van der Waals surface area contributed by atoms with Gasteiger partial charge in [0, 0.05) is 0 Å². The van der Waals surface area contributed by atoms with Crippen LogP contribution < -0.4 is 10.6 Å². The molecule has 0 saturated heterocycles. The zero-order chi connectivity index (χ0) is 13.7. The van der Waals surface area contributed by atoms with Gasteiger partial charge in [0.1, 0.15) is 0 Å². The molecular formula is C14H22N2O2. The molecular weight excluding hydrogens is 228 g/mol. The van der Waals surface area contributed by atoms with Crippen molar-refractivity contribution in [2.45, 2.75) is 39.8 Å². The van der Waals surface area contributed by atoms with Crippen LogP contribution in [0, 0.1) is 13.8 Å². The molecule has 0 saturated carbocycles. The van der Waals surface area contributed by atoms with Crippen LogP contribution in [-0.2, 0) is 0 Å². The number of rotatable bonds is 4. The zero-order valence-electron chi connectivity index (χ0n) is 11.4. The normalized spacial score (nSPS) is 13.8. The summed E-state index contributed by atoms with van der Waals surface area (Å²) < 4.78 is 0. The summed E-state index contributed by atoms with van der Waals surface area (Å²) in [7, 11) is 0. The van der Waals surface area contributed by atoms with Crippen molar-refractivity contribution in [3.63, 3.8) is 0 Å².